The molecule has 0 atom stereocenters. The van der Waals surface area contributed by atoms with Crippen LogP contribution >= 0.6 is 0 Å². The Kier molecular flexibility index (Phi) is 4.04. The third-order valence-corrected chi connectivity index (χ3v) is 4.11. The highest BCUT2D eigenvalue weighted by Gasteiger charge is 2.17. The number of nitrogens with zero attached hydrogens (tertiary/aromatic N) is 1. The van der Waals surface area contributed by atoms with Crippen LogP contribution in [0.15, 0.2) is 42.5 Å². The maximum atomic E-state index is 12.9. The molecule has 4 rings (SSSR count). The Balaban J connectivity index is 1.38. The molecular formula is C18H19FN4O. The number of halogens is 1. The summed E-state index contributed by atoms with van der Waals surface area (Å²) in [5.74, 6) is 0.540. The van der Waals surface area contributed by atoms with Crippen molar-refractivity contribution in [2.45, 2.75) is 12.5 Å². The second-order valence-electron chi connectivity index (χ2n) is 6.00. The number of anilines is 2. The number of aromatic amines is 1. The molecule has 5 nitrogen and oxygen atoms in total. The van der Waals surface area contributed by atoms with Crippen LogP contribution in [0.4, 0.5) is 16.0 Å². The summed E-state index contributed by atoms with van der Waals surface area (Å²) < 4.78 is 18.1. The van der Waals surface area contributed by atoms with Crippen molar-refractivity contribution >= 4 is 22.7 Å². The summed E-state index contributed by atoms with van der Waals surface area (Å²) in [6.07, 6.45) is 0.811. The summed E-state index contributed by atoms with van der Waals surface area (Å²) in [6.45, 7) is 2.25. The fourth-order valence-corrected chi connectivity index (χ4v) is 2.71. The highest BCUT2D eigenvalue weighted by atomic mass is 19.1. The summed E-state index contributed by atoms with van der Waals surface area (Å²) in [5, 5.41) is 6.70. The van der Waals surface area contributed by atoms with E-state index in [1.165, 1.54) is 12.1 Å². The van der Waals surface area contributed by atoms with Gasteiger partial charge in [-0.1, -0.05) is 12.1 Å². The first-order chi connectivity index (χ1) is 11.8. The molecule has 0 amide bonds. The van der Waals surface area contributed by atoms with Crippen molar-refractivity contribution in [1.82, 2.24) is 9.97 Å². The normalized spacial score (nSPS) is 14.5. The largest absolute Gasteiger partial charge is 0.378 e. The minimum absolute atomic E-state index is 0.207. The number of fused-ring (bicyclic) bond motifs is 1. The van der Waals surface area contributed by atoms with Gasteiger partial charge in [0.25, 0.3) is 0 Å². The molecule has 1 saturated heterocycles. The topological polar surface area (TPSA) is 62.0 Å². The lowest BCUT2D eigenvalue weighted by Crippen LogP contribution is -2.40. The Hall–Kier alpha value is -2.60. The lowest BCUT2D eigenvalue weighted by atomic mass is 10.1. The molecule has 124 valence electrons. The standard InChI is InChI=1S/C18H19FN4O/c19-13-3-1-12(2-4-13)7-8-20-18-22-16-6-5-14(9-17(16)23-18)21-15-10-24-11-15/h1-6,9,15,21H,7-8,10-11H2,(H2,20,22,23). The smallest absolute Gasteiger partial charge is 0.201 e. The van der Waals surface area contributed by atoms with Gasteiger partial charge in [0.05, 0.1) is 30.3 Å². The highest BCUT2D eigenvalue weighted by molar-refractivity contribution is 5.81. The number of imidazole rings is 1. The van der Waals surface area contributed by atoms with E-state index in [2.05, 4.69) is 26.7 Å². The zero-order valence-corrected chi connectivity index (χ0v) is 13.2. The Morgan fingerprint density at radius 3 is 2.75 bits per heavy atom. The Morgan fingerprint density at radius 2 is 2.00 bits per heavy atom. The molecule has 1 aliphatic heterocycles. The van der Waals surface area contributed by atoms with Crippen LogP contribution in [-0.2, 0) is 11.2 Å². The summed E-state index contributed by atoms with van der Waals surface area (Å²) in [4.78, 5) is 7.82. The van der Waals surface area contributed by atoms with Crippen LogP contribution in [-0.4, -0.2) is 35.8 Å². The number of H-pyrrole nitrogens is 1. The van der Waals surface area contributed by atoms with Crippen molar-refractivity contribution in [2.24, 2.45) is 0 Å². The minimum atomic E-state index is -0.207. The monoisotopic (exact) mass is 326 g/mol. The zero-order valence-electron chi connectivity index (χ0n) is 13.2. The van der Waals surface area contributed by atoms with Crippen LogP contribution in [0.25, 0.3) is 11.0 Å². The van der Waals surface area contributed by atoms with Gasteiger partial charge in [-0.15, -0.1) is 0 Å². The Bertz CT molecular complexity index is 827. The van der Waals surface area contributed by atoms with Gasteiger partial charge in [-0.3, -0.25) is 0 Å². The van der Waals surface area contributed by atoms with E-state index in [1.54, 1.807) is 12.1 Å². The molecule has 2 heterocycles. The summed E-state index contributed by atoms with van der Waals surface area (Å²) in [6, 6.07) is 13.1. The summed E-state index contributed by atoms with van der Waals surface area (Å²) in [7, 11) is 0. The predicted octanol–water partition coefficient (Wildman–Crippen LogP) is 3.17. The first-order valence-corrected chi connectivity index (χ1v) is 8.09. The van der Waals surface area contributed by atoms with E-state index in [0.29, 0.717) is 6.04 Å². The Labute approximate surface area is 139 Å². The van der Waals surface area contributed by atoms with Gasteiger partial charge in [0.1, 0.15) is 5.82 Å². The SMILES string of the molecule is Fc1ccc(CCNc2nc3ccc(NC4COC4)cc3[nH]2)cc1. The van der Waals surface area contributed by atoms with E-state index in [1.807, 2.05) is 12.1 Å². The first-order valence-electron chi connectivity index (χ1n) is 8.09. The molecule has 0 unspecified atom stereocenters. The molecule has 0 radical (unpaired) electrons. The Morgan fingerprint density at radius 1 is 1.17 bits per heavy atom. The molecule has 3 aromatic rings. The van der Waals surface area contributed by atoms with Gasteiger partial charge >= 0.3 is 0 Å². The molecule has 3 N–H and O–H groups in total. The second-order valence-corrected chi connectivity index (χ2v) is 6.00. The molecule has 2 aromatic carbocycles. The number of hydrogen-bond donors (Lipinski definition) is 3. The summed E-state index contributed by atoms with van der Waals surface area (Å²) in [5.41, 5.74) is 4.07. The quantitative estimate of drug-likeness (QED) is 0.651. The third-order valence-electron chi connectivity index (χ3n) is 4.11. The molecule has 1 aliphatic rings. The molecular weight excluding hydrogens is 307 g/mol. The molecule has 24 heavy (non-hydrogen) atoms. The maximum absolute atomic E-state index is 12.9. The lowest BCUT2D eigenvalue weighted by molar-refractivity contribution is 0.0211. The van der Waals surface area contributed by atoms with Gasteiger partial charge in [0.2, 0.25) is 5.95 Å². The molecule has 0 spiro atoms. The number of nitrogens with one attached hydrogen (secondary N) is 3. The van der Waals surface area contributed by atoms with Gasteiger partial charge in [-0.2, -0.15) is 0 Å². The van der Waals surface area contributed by atoms with Crippen LogP contribution in [0.2, 0.25) is 0 Å². The van der Waals surface area contributed by atoms with Crippen molar-refractivity contribution in [3.05, 3.63) is 53.8 Å². The van der Waals surface area contributed by atoms with Crippen LogP contribution in [0.3, 0.4) is 0 Å². The minimum Gasteiger partial charge on any atom is -0.378 e. The first kappa shape index (κ1) is 15.0. The van der Waals surface area contributed by atoms with E-state index < -0.39 is 0 Å². The van der Waals surface area contributed by atoms with Gasteiger partial charge < -0.3 is 20.4 Å². The molecule has 1 fully saturated rings. The van der Waals surface area contributed by atoms with E-state index in [-0.39, 0.29) is 5.82 Å². The second kappa shape index (κ2) is 6.49. The van der Waals surface area contributed by atoms with E-state index >= 15 is 0 Å². The molecule has 0 saturated carbocycles. The van der Waals surface area contributed by atoms with Gasteiger partial charge in [-0.05, 0) is 42.3 Å². The van der Waals surface area contributed by atoms with Crippen molar-refractivity contribution in [2.75, 3.05) is 30.4 Å². The molecule has 0 aliphatic carbocycles. The average Bonchev–Trinajstić information content (AvgIpc) is 2.95. The number of aromatic nitrogens is 2. The van der Waals surface area contributed by atoms with E-state index in [4.69, 9.17) is 4.74 Å². The third kappa shape index (κ3) is 3.33. The van der Waals surface area contributed by atoms with Gasteiger partial charge in [-0.25, -0.2) is 9.37 Å². The number of benzene rings is 2. The molecule has 6 heteroatoms. The summed E-state index contributed by atoms with van der Waals surface area (Å²) >= 11 is 0. The van der Waals surface area contributed by atoms with E-state index in [9.17, 15) is 4.39 Å². The van der Waals surface area contributed by atoms with E-state index in [0.717, 1.165) is 54.4 Å². The van der Waals surface area contributed by atoms with Crippen molar-refractivity contribution < 1.29 is 9.13 Å². The van der Waals surface area contributed by atoms with Crippen molar-refractivity contribution in [3.8, 4) is 0 Å². The number of ether oxygens (including phenoxy) is 1. The maximum Gasteiger partial charge on any atom is 0.201 e. The lowest BCUT2D eigenvalue weighted by Gasteiger charge is -2.27. The van der Waals surface area contributed by atoms with Crippen LogP contribution in [0.5, 0.6) is 0 Å². The molecule has 1 aromatic heterocycles. The number of hydrogen-bond acceptors (Lipinski definition) is 4. The van der Waals surface area contributed by atoms with Gasteiger partial charge in [0, 0.05) is 12.2 Å². The highest BCUT2D eigenvalue weighted by Crippen LogP contribution is 2.20. The predicted molar refractivity (Wildman–Crippen MR) is 92.9 cm³/mol. The van der Waals surface area contributed by atoms with Crippen molar-refractivity contribution in [3.63, 3.8) is 0 Å². The van der Waals surface area contributed by atoms with Crippen molar-refractivity contribution in [1.29, 1.82) is 0 Å². The zero-order chi connectivity index (χ0) is 16.4. The fraction of sp³-hybridized carbons (Fsp3) is 0.278. The molecule has 0 bridgehead atoms. The number of rotatable bonds is 6. The van der Waals surface area contributed by atoms with Gasteiger partial charge in [0.15, 0.2) is 0 Å². The van der Waals surface area contributed by atoms with Crippen LogP contribution in [0.1, 0.15) is 5.56 Å². The average molecular weight is 326 g/mol. The van der Waals surface area contributed by atoms with Crippen LogP contribution < -0.4 is 10.6 Å². The van der Waals surface area contributed by atoms with Crippen LogP contribution in [0, 0.1) is 5.82 Å². The fourth-order valence-electron chi connectivity index (χ4n) is 2.71.